The third-order valence-electron chi connectivity index (χ3n) is 3.11. The largest absolute Gasteiger partial charge is 0.417 e. The van der Waals surface area contributed by atoms with Crippen molar-refractivity contribution in [3.05, 3.63) is 57.8 Å². The second kappa shape index (κ2) is 6.76. The van der Waals surface area contributed by atoms with E-state index in [0.717, 1.165) is 6.07 Å². The number of amides is 1. The summed E-state index contributed by atoms with van der Waals surface area (Å²) in [5.41, 5.74) is -0.378. The first kappa shape index (κ1) is 17.6. The Balaban J connectivity index is 2.17. The molecule has 0 aliphatic carbocycles. The van der Waals surface area contributed by atoms with Crippen LogP contribution in [-0.2, 0) is 11.0 Å². The van der Waals surface area contributed by atoms with Gasteiger partial charge in [0.2, 0.25) is 5.91 Å². The van der Waals surface area contributed by atoms with Gasteiger partial charge in [-0.3, -0.25) is 9.78 Å². The average Bonchev–Trinajstić information content (AvgIpc) is 2.48. The predicted octanol–water partition coefficient (Wildman–Crippen LogP) is 5.15. The SMILES string of the molecule is C[C@H](C(=O)Nc1ccc(Cl)cc1)c1ncc(C(F)(F)F)cc1Cl. The molecule has 1 N–H and O–H groups in total. The van der Waals surface area contributed by atoms with Crippen LogP contribution in [0.3, 0.4) is 0 Å². The third kappa shape index (κ3) is 4.36. The topological polar surface area (TPSA) is 42.0 Å². The second-order valence-electron chi connectivity index (χ2n) is 4.81. The molecule has 0 fully saturated rings. The van der Waals surface area contributed by atoms with E-state index in [1.807, 2.05) is 0 Å². The van der Waals surface area contributed by atoms with E-state index in [2.05, 4.69) is 10.3 Å². The molecule has 0 radical (unpaired) electrons. The van der Waals surface area contributed by atoms with Crippen molar-refractivity contribution in [2.45, 2.75) is 19.0 Å². The van der Waals surface area contributed by atoms with Crippen LogP contribution in [0.5, 0.6) is 0 Å². The monoisotopic (exact) mass is 362 g/mol. The van der Waals surface area contributed by atoms with Crippen LogP contribution in [0.25, 0.3) is 0 Å². The van der Waals surface area contributed by atoms with Crippen LogP contribution in [-0.4, -0.2) is 10.9 Å². The lowest BCUT2D eigenvalue weighted by Crippen LogP contribution is -2.20. The molecular weight excluding hydrogens is 352 g/mol. The van der Waals surface area contributed by atoms with Gasteiger partial charge in [0, 0.05) is 16.9 Å². The van der Waals surface area contributed by atoms with Gasteiger partial charge in [0.25, 0.3) is 0 Å². The summed E-state index contributed by atoms with van der Waals surface area (Å²) in [6, 6.07) is 7.18. The highest BCUT2D eigenvalue weighted by atomic mass is 35.5. The molecule has 0 saturated heterocycles. The van der Waals surface area contributed by atoms with Crippen LogP contribution in [0.15, 0.2) is 36.5 Å². The van der Waals surface area contributed by atoms with Gasteiger partial charge in [-0.1, -0.05) is 23.2 Å². The number of hydrogen-bond acceptors (Lipinski definition) is 2. The number of halogens is 5. The number of carbonyl (C=O) groups is 1. The Labute approximate surface area is 140 Å². The third-order valence-corrected chi connectivity index (χ3v) is 3.67. The van der Waals surface area contributed by atoms with Gasteiger partial charge in [0.1, 0.15) is 0 Å². The van der Waals surface area contributed by atoms with Crippen molar-refractivity contribution in [1.29, 1.82) is 0 Å². The molecule has 0 aliphatic heterocycles. The predicted molar refractivity (Wildman–Crippen MR) is 82.7 cm³/mol. The van der Waals surface area contributed by atoms with E-state index < -0.39 is 23.6 Å². The van der Waals surface area contributed by atoms with Gasteiger partial charge in [-0.15, -0.1) is 0 Å². The van der Waals surface area contributed by atoms with Crippen LogP contribution >= 0.6 is 23.2 Å². The van der Waals surface area contributed by atoms with Crippen molar-refractivity contribution in [2.75, 3.05) is 5.32 Å². The fraction of sp³-hybridized carbons (Fsp3) is 0.200. The van der Waals surface area contributed by atoms with E-state index in [-0.39, 0.29) is 10.7 Å². The number of nitrogens with one attached hydrogen (secondary N) is 1. The molecule has 1 heterocycles. The van der Waals surface area contributed by atoms with Gasteiger partial charge in [-0.05, 0) is 37.3 Å². The normalized spacial score (nSPS) is 12.8. The molecule has 1 aromatic heterocycles. The molecule has 1 aromatic carbocycles. The number of nitrogens with zero attached hydrogens (tertiary/aromatic N) is 1. The molecule has 2 aromatic rings. The van der Waals surface area contributed by atoms with Crippen molar-refractivity contribution in [1.82, 2.24) is 4.98 Å². The molecule has 2 rings (SSSR count). The molecule has 0 unspecified atom stereocenters. The lowest BCUT2D eigenvalue weighted by Gasteiger charge is -2.14. The Morgan fingerprint density at radius 3 is 2.35 bits per heavy atom. The number of anilines is 1. The number of pyridine rings is 1. The van der Waals surface area contributed by atoms with Crippen LogP contribution in [0, 0.1) is 0 Å². The maximum absolute atomic E-state index is 12.6. The zero-order chi connectivity index (χ0) is 17.2. The maximum atomic E-state index is 12.6. The molecule has 0 aliphatic rings. The van der Waals surface area contributed by atoms with Crippen molar-refractivity contribution < 1.29 is 18.0 Å². The van der Waals surface area contributed by atoms with E-state index in [1.165, 1.54) is 6.92 Å². The zero-order valence-corrected chi connectivity index (χ0v) is 13.3. The van der Waals surface area contributed by atoms with Crippen LogP contribution < -0.4 is 5.32 Å². The number of alkyl halides is 3. The van der Waals surface area contributed by atoms with Crippen LogP contribution in [0.2, 0.25) is 10.0 Å². The maximum Gasteiger partial charge on any atom is 0.417 e. The Morgan fingerprint density at radius 2 is 1.83 bits per heavy atom. The Morgan fingerprint density at radius 1 is 1.22 bits per heavy atom. The van der Waals surface area contributed by atoms with E-state index in [0.29, 0.717) is 16.9 Å². The summed E-state index contributed by atoms with van der Waals surface area (Å²) in [7, 11) is 0. The van der Waals surface area contributed by atoms with Gasteiger partial charge in [-0.2, -0.15) is 13.2 Å². The standard InChI is InChI=1S/C15H11Cl2F3N2O/c1-8(14(23)22-11-4-2-10(16)3-5-11)13-12(17)6-9(7-21-13)15(18,19)20/h2-8H,1H3,(H,22,23)/t8-/m0/s1. The summed E-state index contributed by atoms with van der Waals surface area (Å²) in [6.07, 6.45) is -3.88. The fourth-order valence-electron chi connectivity index (χ4n) is 1.83. The minimum absolute atomic E-state index is 0.0751. The van der Waals surface area contributed by atoms with E-state index in [1.54, 1.807) is 24.3 Å². The summed E-state index contributed by atoms with van der Waals surface area (Å²) < 4.78 is 37.8. The highest BCUT2D eigenvalue weighted by Crippen LogP contribution is 2.33. The molecule has 1 amide bonds. The minimum atomic E-state index is -4.54. The molecule has 3 nitrogen and oxygen atoms in total. The molecular formula is C15H11Cl2F3N2O. The average molecular weight is 363 g/mol. The fourth-order valence-corrected chi connectivity index (χ4v) is 2.29. The number of rotatable bonds is 3. The number of carbonyl (C=O) groups excluding carboxylic acids is 1. The molecule has 1 atom stereocenters. The first-order chi connectivity index (χ1) is 10.7. The van der Waals surface area contributed by atoms with Crippen LogP contribution in [0.1, 0.15) is 24.1 Å². The van der Waals surface area contributed by atoms with E-state index >= 15 is 0 Å². The molecule has 122 valence electrons. The van der Waals surface area contributed by atoms with Crippen molar-refractivity contribution in [3.63, 3.8) is 0 Å². The van der Waals surface area contributed by atoms with E-state index in [9.17, 15) is 18.0 Å². The number of hydrogen-bond donors (Lipinski definition) is 1. The van der Waals surface area contributed by atoms with Crippen LogP contribution in [0.4, 0.5) is 18.9 Å². The molecule has 23 heavy (non-hydrogen) atoms. The highest BCUT2D eigenvalue weighted by Gasteiger charge is 2.32. The first-order valence-electron chi connectivity index (χ1n) is 6.47. The van der Waals surface area contributed by atoms with Gasteiger partial charge >= 0.3 is 6.18 Å². The van der Waals surface area contributed by atoms with Crippen molar-refractivity contribution in [2.24, 2.45) is 0 Å². The van der Waals surface area contributed by atoms with Gasteiger partial charge < -0.3 is 5.32 Å². The molecule has 0 spiro atoms. The van der Waals surface area contributed by atoms with Gasteiger partial charge in [-0.25, -0.2) is 0 Å². The quantitative estimate of drug-likeness (QED) is 0.820. The second-order valence-corrected chi connectivity index (χ2v) is 5.65. The molecule has 0 saturated carbocycles. The highest BCUT2D eigenvalue weighted by molar-refractivity contribution is 6.31. The zero-order valence-electron chi connectivity index (χ0n) is 11.8. The summed E-state index contributed by atoms with van der Waals surface area (Å²) in [5.74, 6) is -1.26. The lowest BCUT2D eigenvalue weighted by atomic mass is 10.1. The summed E-state index contributed by atoms with van der Waals surface area (Å²) in [4.78, 5) is 15.9. The van der Waals surface area contributed by atoms with E-state index in [4.69, 9.17) is 23.2 Å². The molecule has 8 heteroatoms. The number of aromatic nitrogens is 1. The summed E-state index contributed by atoms with van der Waals surface area (Å²) >= 11 is 11.6. The molecule has 0 bridgehead atoms. The minimum Gasteiger partial charge on any atom is -0.326 e. The number of benzene rings is 1. The Hall–Kier alpha value is -1.79. The smallest absolute Gasteiger partial charge is 0.326 e. The lowest BCUT2D eigenvalue weighted by molar-refractivity contribution is -0.137. The van der Waals surface area contributed by atoms with Crippen molar-refractivity contribution >= 4 is 34.8 Å². The summed E-state index contributed by atoms with van der Waals surface area (Å²) in [6.45, 7) is 1.51. The first-order valence-corrected chi connectivity index (χ1v) is 7.23. The van der Waals surface area contributed by atoms with Gasteiger partial charge in [0.05, 0.1) is 22.2 Å². The van der Waals surface area contributed by atoms with Gasteiger partial charge in [0.15, 0.2) is 0 Å². The summed E-state index contributed by atoms with van der Waals surface area (Å²) in [5, 5.41) is 2.93. The Kier molecular flexibility index (Phi) is 5.16. The van der Waals surface area contributed by atoms with Crippen molar-refractivity contribution in [3.8, 4) is 0 Å². The Bertz CT molecular complexity index is 718.